The number of rotatable bonds is 4. The van der Waals surface area contributed by atoms with Crippen LogP contribution in [0, 0.1) is 29.7 Å². The summed E-state index contributed by atoms with van der Waals surface area (Å²) in [5.74, 6) is 4.14. The normalized spacial score (nSPS) is 32.2. The maximum Gasteiger partial charge on any atom is 3.00 e. The van der Waals surface area contributed by atoms with Gasteiger partial charge in [0.25, 0.3) is 0 Å². The maximum atomic E-state index is 3.12. The molecule has 0 unspecified atom stereocenters. The van der Waals surface area contributed by atoms with Crippen molar-refractivity contribution in [2.24, 2.45) is 23.7 Å². The Labute approximate surface area is 162 Å². The molecule has 0 N–H and O–H groups in total. The average Bonchev–Trinajstić information content (AvgIpc) is 2.55. The Balaban J connectivity index is 0.00000176. The second-order valence-electron chi connectivity index (χ2n) is 7.75. The third-order valence-electron chi connectivity index (χ3n) is 6.25. The fourth-order valence-corrected chi connectivity index (χ4v) is 4.66. The van der Waals surface area contributed by atoms with Crippen LogP contribution in [-0.4, -0.2) is 0 Å². The van der Waals surface area contributed by atoms with E-state index in [0.29, 0.717) is 0 Å². The van der Waals surface area contributed by atoms with E-state index in [-0.39, 0.29) is 32.7 Å². The predicted octanol–water partition coefficient (Wildman–Crippen LogP) is 6.05. The van der Waals surface area contributed by atoms with Crippen molar-refractivity contribution in [1.29, 1.82) is 0 Å². The van der Waals surface area contributed by atoms with Crippen molar-refractivity contribution in [3.8, 4) is 0 Å². The quantitative estimate of drug-likeness (QED) is 0.565. The first kappa shape index (κ1) is 18.7. The molecule has 0 bridgehead atoms. The van der Waals surface area contributed by atoms with Crippen LogP contribution in [0.5, 0.6) is 0 Å². The number of hydrogen-bond donors (Lipinski definition) is 0. The van der Waals surface area contributed by atoms with Gasteiger partial charge in [0.1, 0.15) is 0 Å². The molecule has 22 heavy (non-hydrogen) atoms. The Morgan fingerprint density at radius 3 is 2.00 bits per heavy atom. The van der Waals surface area contributed by atoms with Crippen molar-refractivity contribution < 1.29 is 32.7 Å². The summed E-state index contributed by atoms with van der Waals surface area (Å²) in [4.78, 5) is 0. The zero-order chi connectivity index (χ0) is 14.5. The van der Waals surface area contributed by atoms with Crippen LogP contribution in [0.2, 0.25) is 0 Å². The fourth-order valence-electron chi connectivity index (χ4n) is 4.66. The van der Waals surface area contributed by atoms with Crippen LogP contribution >= 0.6 is 0 Å². The van der Waals surface area contributed by atoms with Gasteiger partial charge in [0.05, 0.1) is 0 Å². The summed E-state index contributed by atoms with van der Waals surface area (Å²) in [6.07, 6.45) is 14.7. The van der Waals surface area contributed by atoms with Gasteiger partial charge in [-0.1, -0.05) is 39.0 Å². The zero-order valence-electron chi connectivity index (χ0n) is 14.3. The van der Waals surface area contributed by atoms with Crippen molar-refractivity contribution >= 4 is 0 Å². The Hall–Kier alpha value is 0.324. The van der Waals surface area contributed by atoms with Crippen LogP contribution in [0.1, 0.15) is 70.3 Å². The monoisotopic (exact) mass is 372 g/mol. The Kier molecular flexibility index (Phi) is 8.12. The fraction of sp³-hybridized carbons (Fsp3) is 0.714. The van der Waals surface area contributed by atoms with Gasteiger partial charge < -0.3 is 0 Å². The Morgan fingerprint density at radius 1 is 0.864 bits per heavy atom. The number of benzene rings is 1. The average molecular weight is 372 g/mol. The first-order valence-corrected chi connectivity index (χ1v) is 9.26. The second kappa shape index (κ2) is 9.58. The van der Waals surface area contributed by atoms with Crippen molar-refractivity contribution in [3.63, 3.8) is 0 Å². The molecule has 0 radical (unpaired) electrons. The SMILES string of the molecule is CC1CCC(C2CCC(CCc3cc[c-]cc3)CC2)CC1.[Y+3]. The van der Waals surface area contributed by atoms with Gasteiger partial charge in [0.2, 0.25) is 0 Å². The van der Waals surface area contributed by atoms with E-state index >= 15 is 0 Å². The van der Waals surface area contributed by atoms with E-state index in [2.05, 4.69) is 37.3 Å². The van der Waals surface area contributed by atoms with Gasteiger partial charge in [-0.2, -0.15) is 35.9 Å². The van der Waals surface area contributed by atoms with Gasteiger partial charge in [-0.25, -0.2) is 0 Å². The molecule has 0 amide bonds. The molecule has 116 valence electrons. The Bertz CT molecular complexity index is 397. The number of aryl methyl sites for hydroxylation is 1. The van der Waals surface area contributed by atoms with Crippen LogP contribution in [0.4, 0.5) is 0 Å². The van der Waals surface area contributed by atoms with Crippen molar-refractivity contribution in [3.05, 3.63) is 35.9 Å². The van der Waals surface area contributed by atoms with E-state index in [1.54, 1.807) is 0 Å². The molecule has 3 rings (SSSR count). The van der Waals surface area contributed by atoms with Gasteiger partial charge in [-0.15, -0.1) is 0 Å². The van der Waals surface area contributed by atoms with Crippen LogP contribution < -0.4 is 0 Å². The third kappa shape index (κ3) is 5.45. The summed E-state index contributed by atoms with van der Waals surface area (Å²) < 4.78 is 0. The smallest absolute Gasteiger partial charge is 0.184 e. The van der Waals surface area contributed by atoms with Crippen LogP contribution in [0.15, 0.2) is 24.3 Å². The van der Waals surface area contributed by atoms with Gasteiger partial charge in [-0.3, -0.25) is 0 Å². The molecule has 2 saturated carbocycles. The molecule has 0 heterocycles. The molecule has 0 aliphatic heterocycles. The largest absolute Gasteiger partial charge is 3.00 e. The molecule has 0 nitrogen and oxygen atoms in total. The molecular formula is C21H31Y+2. The van der Waals surface area contributed by atoms with E-state index in [9.17, 15) is 0 Å². The van der Waals surface area contributed by atoms with E-state index < -0.39 is 0 Å². The number of hydrogen-bond acceptors (Lipinski definition) is 0. The van der Waals surface area contributed by atoms with Crippen molar-refractivity contribution in [2.45, 2.75) is 71.1 Å². The van der Waals surface area contributed by atoms with Gasteiger partial charge in [0, 0.05) is 0 Å². The molecule has 1 aromatic carbocycles. The first-order valence-electron chi connectivity index (χ1n) is 9.26. The van der Waals surface area contributed by atoms with Crippen LogP contribution in [0.3, 0.4) is 0 Å². The van der Waals surface area contributed by atoms with Crippen molar-refractivity contribution in [1.82, 2.24) is 0 Å². The molecule has 2 aliphatic rings. The van der Waals surface area contributed by atoms with Crippen LogP contribution in [-0.2, 0) is 39.1 Å². The molecule has 0 aromatic heterocycles. The van der Waals surface area contributed by atoms with E-state index in [1.807, 2.05) is 0 Å². The molecular weight excluding hydrogens is 341 g/mol. The minimum atomic E-state index is 0. The van der Waals surface area contributed by atoms with E-state index in [0.717, 1.165) is 23.7 Å². The minimum absolute atomic E-state index is 0. The summed E-state index contributed by atoms with van der Waals surface area (Å²) in [6.45, 7) is 2.44. The first-order chi connectivity index (χ1) is 10.3. The molecule has 2 fully saturated rings. The van der Waals surface area contributed by atoms with E-state index in [4.69, 9.17) is 0 Å². The summed E-state index contributed by atoms with van der Waals surface area (Å²) in [7, 11) is 0. The minimum Gasteiger partial charge on any atom is -0.184 e. The van der Waals surface area contributed by atoms with Gasteiger partial charge >= 0.3 is 32.7 Å². The van der Waals surface area contributed by atoms with Gasteiger partial charge in [-0.05, 0) is 55.8 Å². The topological polar surface area (TPSA) is 0 Å². The zero-order valence-corrected chi connectivity index (χ0v) is 17.1. The summed E-state index contributed by atoms with van der Waals surface area (Å²) in [5, 5.41) is 0. The molecule has 1 aromatic rings. The summed E-state index contributed by atoms with van der Waals surface area (Å²) in [6, 6.07) is 11.7. The molecule has 0 spiro atoms. The molecule has 0 atom stereocenters. The van der Waals surface area contributed by atoms with E-state index in [1.165, 1.54) is 69.8 Å². The van der Waals surface area contributed by atoms with Crippen molar-refractivity contribution in [2.75, 3.05) is 0 Å². The standard InChI is InChI=1S/C21H31.Y/c1-17-7-13-20(14-8-17)21-15-11-19(12-16-21)10-9-18-5-3-2-4-6-18;/h3-6,17,19-21H,7-16H2,1H3;/q-1;+3. The maximum absolute atomic E-state index is 3.12. The third-order valence-corrected chi connectivity index (χ3v) is 6.25. The predicted molar refractivity (Wildman–Crippen MR) is 90.2 cm³/mol. The Morgan fingerprint density at radius 2 is 1.41 bits per heavy atom. The second-order valence-corrected chi connectivity index (χ2v) is 7.75. The summed E-state index contributed by atoms with van der Waals surface area (Å²) >= 11 is 0. The molecule has 2 aliphatic carbocycles. The molecule has 0 saturated heterocycles. The van der Waals surface area contributed by atoms with Crippen LogP contribution in [0.25, 0.3) is 0 Å². The summed E-state index contributed by atoms with van der Waals surface area (Å²) in [5.41, 5.74) is 1.50. The van der Waals surface area contributed by atoms with Gasteiger partial charge in [0.15, 0.2) is 0 Å². The molecule has 1 heteroatoms.